The van der Waals surface area contributed by atoms with Crippen LogP contribution in [0.2, 0.25) is 0 Å². The predicted molar refractivity (Wildman–Crippen MR) is 3.34 cm³/mol. The normalized spacial score (nSPS) is 0. The average Bonchev–Trinajstić information content (AvgIpc) is 0. The van der Waals surface area contributed by atoms with Crippen LogP contribution in [0.15, 0.2) is 0 Å². The largest absolute Gasteiger partial charge is 1.00 e. The van der Waals surface area contributed by atoms with Crippen LogP contribution in [0.4, 0.5) is 0 Å². The molecule has 0 bridgehead atoms. The summed E-state index contributed by atoms with van der Waals surface area (Å²) in [6.07, 6.45) is 0. The first-order valence-electron chi connectivity index (χ1n) is 0. The molecule has 0 amide bonds. The quantitative estimate of drug-likeness (QED) is 0.367. The predicted octanol–water partition coefficient (Wildman–Crippen LogP) is -8.65. The zero-order chi connectivity index (χ0) is 0. The minimum Gasteiger partial charge on any atom is -1.00 e. The van der Waals surface area contributed by atoms with Crippen LogP contribution >= 0.6 is 0 Å². The van der Waals surface area contributed by atoms with Gasteiger partial charge in [-0.2, -0.15) is 0 Å². The minimum absolute atomic E-state index is 0. The van der Waals surface area contributed by atoms with Crippen LogP contribution in [-0.2, 0) is 0 Å². The van der Waals surface area contributed by atoms with Gasteiger partial charge in [0.25, 0.3) is 0 Å². The molecule has 4 heteroatoms. The average molecular weight is 237 g/mol. The van der Waals surface area contributed by atoms with Crippen molar-refractivity contribution in [3.63, 3.8) is 0 Å². The van der Waals surface area contributed by atoms with E-state index in [1.54, 1.807) is 0 Å². The molecule has 0 fully saturated rings. The minimum atomic E-state index is 0. The third-order valence-corrected chi connectivity index (χ3v) is 0. The Bertz CT molecular complexity index is 10.1. The van der Waals surface area contributed by atoms with Crippen LogP contribution in [0.3, 0.4) is 0 Å². The smallest absolute Gasteiger partial charge is 1.00 e. The van der Waals surface area contributed by atoms with Crippen molar-refractivity contribution in [1.82, 2.24) is 0 Å². The van der Waals surface area contributed by atoms with Crippen LogP contribution in [0.1, 0.15) is 4.28 Å². The molecule has 0 saturated carbocycles. The van der Waals surface area contributed by atoms with Crippen molar-refractivity contribution in [1.29, 1.82) is 0 Å². The van der Waals surface area contributed by atoms with E-state index >= 15 is 0 Å². The van der Waals surface area contributed by atoms with E-state index in [1.165, 1.54) is 0 Å². The first-order chi connectivity index (χ1) is 0. The molecule has 0 aromatic carbocycles. The second-order valence-electron chi connectivity index (χ2n) is 0. The first-order valence-corrected chi connectivity index (χ1v) is 0. The summed E-state index contributed by atoms with van der Waals surface area (Å²) in [4.78, 5) is 0. The Morgan fingerprint density at radius 2 is 0.750 bits per heavy atom. The third kappa shape index (κ3) is 9.54. The second kappa shape index (κ2) is 15.7. The van der Waals surface area contributed by atoms with Crippen LogP contribution in [0, 0.1) is 37.7 Å². The summed E-state index contributed by atoms with van der Waals surface area (Å²) in [6.45, 7) is 0. The van der Waals surface area contributed by atoms with E-state index in [-0.39, 0.29) is 131 Å². The van der Waals surface area contributed by atoms with Gasteiger partial charge in [0.1, 0.15) is 0 Å². The van der Waals surface area contributed by atoms with E-state index in [0.29, 0.717) is 0 Å². The molecule has 0 aliphatic rings. The van der Waals surface area contributed by atoms with Crippen molar-refractivity contribution in [2.75, 3.05) is 0 Å². The maximum Gasteiger partial charge on any atom is 1.00 e. The third-order valence-electron chi connectivity index (χ3n) is 0. The molecule has 0 aromatic heterocycles. The summed E-state index contributed by atoms with van der Waals surface area (Å²) in [6, 6.07) is 0. The Labute approximate surface area is 127 Å². The maximum atomic E-state index is 0. The molecule has 0 heterocycles. The zero-order valence-corrected chi connectivity index (χ0v) is 11.2. The van der Waals surface area contributed by atoms with Gasteiger partial charge in [-0.15, -0.1) is 0 Å². The van der Waals surface area contributed by atoms with Crippen LogP contribution < -0.4 is 88.7 Å². The fraction of sp³-hybridized carbons (Fsp3) is 0. The molecule has 0 N–H and O–H groups in total. The van der Waals surface area contributed by atoms with Gasteiger partial charge >= 0.3 is 88.7 Å². The van der Waals surface area contributed by atoms with E-state index in [4.69, 9.17) is 0 Å². The van der Waals surface area contributed by atoms with Crippen molar-refractivity contribution < 1.29 is 131 Å². The van der Waals surface area contributed by atoms with Crippen molar-refractivity contribution in [2.45, 2.75) is 0 Å². The number of rotatable bonds is 0. The van der Waals surface area contributed by atoms with Crippen molar-refractivity contribution >= 4 is 0 Å². The molecular formula is H3HoNa3. The van der Waals surface area contributed by atoms with Gasteiger partial charge in [0.2, 0.25) is 0 Å². The molecule has 0 rings (SSSR count). The summed E-state index contributed by atoms with van der Waals surface area (Å²) in [5.41, 5.74) is 0. The molecule has 0 aromatic rings. The molecule has 0 nitrogen and oxygen atoms in total. The van der Waals surface area contributed by atoms with E-state index < -0.39 is 0 Å². The van der Waals surface area contributed by atoms with E-state index in [9.17, 15) is 0 Å². The van der Waals surface area contributed by atoms with E-state index in [2.05, 4.69) is 0 Å². The monoisotopic (exact) mass is 237 g/mol. The Morgan fingerprint density at radius 3 is 0.750 bits per heavy atom. The van der Waals surface area contributed by atoms with Crippen LogP contribution in [0.25, 0.3) is 0 Å². The van der Waals surface area contributed by atoms with Gasteiger partial charge in [-0.3, -0.25) is 0 Å². The van der Waals surface area contributed by atoms with Crippen molar-refractivity contribution in [3.05, 3.63) is 0 Å². The van der Waals surface area contributed by atoms with Gasteiger partial charge in [0, 0.05) is 37.7 Å². The Balaban J connectivity index is 0. The first kappa shape index (κ1) is 24.0. The van der Waals surface area contributed by atoms with E-state index in [1.807, 2.05) is 0 Å². The molecule has 0 spiro atoms. The molecule has 17 valence electrons. The summed E-state index contributed by atoms with van der Waals surface area (Å²) >= 11 is 0. The van der Waals surface area contributed by atoms with Gasteiger partial charge in [-0.25, -0.2) is 0 Å². The summed E-state index contributed by atoms with van der Waals surface area (Å²) in [5, 5.41) is 0. The van der Waals surface area contributed by atoms with Crippen molar-refractivity contribution in [2.24, 2.45) is 0 Å². The fourth-order valence-electron chi connectivity index (χ4n) is 0. The SMILES string of the molecule is [H-].[H-].[H-].[Ho].[Na+].[Na+].[Na+]. The molecule has 1 radical (unpaired) electrons. The molecule has 4 heavy (non-hydrogen) atoms. The van der Waals surface area contributed by atoms with E-state index in [0.717, 1.165) is 0 Å². The van der Waals surface area contributed by atoms with Gasteiger partial charge in [0.15, 0.2) is 0 Å². The van der Waals surface area contributed by atoms with Crippen LogP contribution in [-0.4, -0.2) is 0 Å². The molecule has 0 aliphatic carbocycles. The van der Waals surface area contributed by atoms with Crippen molar-refractivity contribution in [3.8, 4) is 0 Å². The topological polar surface area (TPSA) is 0 Å². The standard InChI is InChI=1S/Ho.3Na.3H/q;3*+1;3*-1. The molecular weight excluding hydrogens is 234 g/mol. The number of hydrogen-bond donors (Lipinski definition) is 0. The zero-order valence-electron chi connectivity index (χ0n) is 6.30. The molecule has 0 aliphatic heterocycles. The maximum absolute atomic E-state index is 0. The molecule has 0 saturated heterocycles. The summed E-state index contributed by atoms with van der Waals surface area (Å²) < 4.78 is 0. The van der Waals surface area contributed by atoms with Gasteiger partial charge in [-0.05, 0) is 0 Å². The van der Waals surface area contributed by atoms with Crippen LogP contribution in [0.5, 0.6) is 0 Å². The molecule has 0 unspecified atom stereocenters. The Morgan fingerprint density at radius 1 is 0.750 bits per heavy atom. The van der Waals surface area contributed by atoms with Gasteiger partial charge in [-0.1, -0.05) is 0 Å². The van der Waals surface area contributed by atoms with Gasteiger partial charge in [0.05, 0.1) is 0 Å². The number of hydrogen-bond acceptors (Lipinski definition) is 0. The molecule has 0 atom stereocenters. The summed E-state index contributed by atoms with van der Waals surface area (Å²) in [5.74, 6) is 0. The Kier molecular flexibility index (Phi) is 94.0. The fourth-order valence-corrected chi connectivity index (χ4v) is 0. The Hall–Kier alpha value is 4.26. The second-order valence-corrected chi connectivity index (χ2v) is 0. The summed E-state index contributed by atoms with van der Waals surface area (Å²) in [7, 11) is 0. The van der Waals surface area contributed by atoms with Gasteiger partial charge < -0.3 is 4.28 Å².